The highest BCUT2D eigenvalue weighted by molar-refractivity contribution is 7.89. The first kappa shape index (κ1) is 22.3. The lowest BCUT2D eigenvalue weighted by Gasteiger charge is -2.26. The van der Waals surface area contributed by atoms with Gasteiger partial charge in [0.05, 0.1) is 18.1 Å². The number of ether oxygens (including phenoxy) is 1. The van der Waals surface area contributed by atoms with Crippen LogP contribution in [0.4, 0.5) is 5.69 Å². The molecule has 1 aliphatic heterocycles. The molecule has 1 amide bonds. The first-order valence-electron chi connectivity index (χ1n) is 10.6. The van der Waals surface area contributed by atoms with Crippen LogP contribution in [-0.2, 0) is 26.0 Å². The fourth-order valence-corrected chi connectivity index (χ4v) is 4.99. The number of furan rings is 1. The maximum atomic E-state index is 12.9. The van der Waals surface area contributed by atoms with E-state index >= 15 is 0 Å². The lowest BCUT2D eigenvalue weighted by Crippen LogP contribution is -2.40. The van der Waals surface area contributed by atoms with Crippen molar-refractivity contribution in [1.29, 1.82) is 0 Å². The molecule has 1 fully saturated rings. The highest BCUT2D eigenvalue weighted by atomic mass is 32.2. The summed E-state index contributed by atoms with van der Waals surface area (Å²) in [4.78, 5) is 12.7. The van der Waals surface area contributed by atoms with E-state index in [9.17, 15) is 13.2 Å². The maximum Gasteiger partial charge on any atom is 0.243 e. The number of sulfonamides is 1. The van der Waals surface area contributed by atoms with E-state index in [-0.39, 0.29) is 17.2 Å². The molecule has 1 N–H and O–H groups in total. The highest BCUT2D eigenvalue weighted by Gasteiger charge is 2.26. The number of hydrogen-bond donors (Lipinski definition) is 1. The topological polar surface area (TPSA) is 88.9 Å². The molecular formula is C24H26N2O5S. The van der Waals surface area contributed by atoms with Gasteiger partial charge < -0.3 is 14.5 Å². The van der Waals surface area contributed by atoms with E-state index in [2.05, 4.69) is 5.32 Å². The van der Waals surface area contributed by atoms with Gasteiger partial charge in [-0.25, -0.2) is 8.42 Å². The van der Waals surface area contributed by atoms with Crippen molar-refractivity contribution in [2.45, 2.75) is 24.7 Å². The van der Waals surface area contributed by atoms with Crippen LogP contribution < -0.4 is 5.32 Å². The molecule has 0 saturated carbocycles. The van der Waals surface area contributed by atoms with Gasteiger partial charge in [-0.05, 0) is 36.8 Å². The summed E-state index contributed by atoms with van der Waals surface area (Å²) >= 11 is 0. The average Bonchev–Trinajstić information content (AvgIpc) is 3.29. The van der Waals surface area contributed by atoms with E-state index in [0.29, 0.717) is 38.4 Å². The normalized spacial score (nSPS) is 14.9. The number of carbonyl (C=O) groups is 1. The summed E-state index contributed by atoms with van der Waals surface area (Å²) in [5.41, 5.74) is 2.27. The molecule has 0 unspecified atom stereocenters. The van der Waals surface area contributed by atoms with Gasteiger partial charge in [0.2, 0.25) is 15.9 Å². The lowest BCUT2D eigenvalue weighted by atomic mass is 10.2. The van der Waals surface area contributed by atoms with Gasteiger partial charge in [-0.2, -0.15) is 4.31 Å². The number of amides is 1. The molecule has 0 aliphatic carbocycles. The molecule has 168 valence electrons. The van der Waals surface area contributed by atoms with Gasteiger partial charge in [-0.15, -0.1) is 0 Å². The minimum Gasteiger partial charge on any atom is -0.461 e. The van der Waals surface area contributed by atoms with Gasteiger partial charge >= 0.3 is 0 Å². The molecule has 1 aromatic heterocycles. The van der Waals surface area contributed by atoms with Crippen LogP contribution in [0.1, 0.15) is 17.7 Å². The van der Waals surface area contributed by atoms with E-state index in [1.54, 1.807) is 12.1 Å². The number of benzene rings is 2. The Morgan fingerprint density at radius 3 is 2.53 bits per heavy atom. The lowest BCUT2D eigenvalue weighted by molar-refractivity contribution is -0.116. The number of morpholine rings is 1. The van der Waals surface area contributed by atoms with Crippen LogP contribution in [0.5, 0.6) is 0 Å². The fourth-order valence-electron chi connectivity index (χ4n) is 3.55. The molecule has 7 nitrogen and oxygen atoms in total. The summed E-state index contributed by atoms with van der Waals surface area (Å²) in [5.74, 6) is 1.28. The Hall–Kier alpha value is -2.94. The highest BCUT2D eigenvalue weighted by Crippen LogP contribution is 2.25. The van der Waals surface area contributed by atoms with Crippen molar-refractivity contribution in [3.63, 3.8) is 0 Å². The van der Waals surface area contributed by atoms with Gasteiger partial charge in [0, 0.05) is 37.2 Å². The third-order valence-electron chi connectivity index (χ3n) is 5.41. The Labute approximate surface area is 188 Å². The molecule has 2 heterocycles. The number of anilines is 1. The first-order valence-corrected chi connectivity index (χ1v) is 12.0. The third kappa shape index (κ3) is 5.09. The van der Waals surface area contributed by atoms with Crippen molar-refractivity contribution in [3.8, 4) is 11.3 Å². The molecular weight excluding hydrogens is 428 g/mol. The van der Waals surface area contributed by atoms with Crippen LogP contribution >= 0.6 is 0 Å². The number of nitrogens with zero attached hydrogens (tertiary/aromatic N) is 1. The number of carbonyl (C=O) groups excluding carboxylic acids is 1. The Balaban J connectivity index is 1.40. The Bertz CT molecular complexity index is 1180. The number of rotatable bonds is 7. The SMILES string of the molecule is Cc1ccc(S(=O)(=O)N2CCOCC2)cc1NC(=O)CCc1ccc(-c2ccccc2)o1. The van der Waals surface area contributed by atoms with Crippen LogP contribution in [-0.4, -0.2) is 44.9 Å². The minimum absolute atomic E-state index is 0.166. The van der Waals surface area contributed by atoms with Crippen molar-refractivity contribution < 1.29 is 22.4 Å². The van der Waals surface area contributed by atoms with E-state index in [0.717, 1.165) is 22.6 Å². The standard InChI is InChI=1S/C24H26N2O5S/c1-18-7-10-21(32(28,29)26-13-15-30-16-14-26)17-22(18)25-24(27)12-9-20-8-11-23(31-20)19-5-3-2-4-6-19/h2-8,10-11,17H,9,12-16H2,1H3,(H,25,27). The smallest absolute Gasteiger partial charge is 0.243 e. The largest absolute Gasteiger partial charge is 0.461 e. The van der Waals surface area contributed by atoms with Crippen LogP contribution in [0.2, 0.25) is 0 Å². The van der Waals surface area contributed by atoms with Crippen molar-refractivity contribution in [3.05, 3.63) is 72.0 Å². The number of nitrogens with one attached hydrogen (secondary N) is 1. The van der Waals surface area contributed by atoms with E-state index < -0.39 is 10.0 Å². The molecule has 4 rings (SSSR count). The molecule has 2 aromatic carbocycles. The molecule has 1 saturated heterocycles. The summed E-state index contributed by atoms with van der Waals surface area (Å²) in [6, 6.07) is 18.3. The van der Waals surface area contributed by atoms with Crippen molar-refractivity contribution in [2.75, 3.05) is 31.6 Å². The van der Waals surface area contributed by atoms with Crippen LogP contribution in [0.3, 0.4) is 0 Å². The second kappa shape index (κ2) is 9.68. The zero-order valence-corrected chi connectivity index (χ0v) is 18.7. The minimum atomic E-state index is -3.63. The summed E-state index contributed by atoms with van der Waals surface area (Å²) in [6.45, 7) is 3.25. The molecule has 0 radical (unpaired) electrons. The quantitative estimate of drug-likeness (QED) is 0.586. The summed E-state index contributed by atoms with van der Waals surface area (Å²) in [6.07, 6.45) is 0.672. The van der Waals surface area contributed by atoms with Crippen molar-refractivity contribution >= 4 is 21.6 Å². The van der Waals surface area contributed by atoms with Crippen molar-refractivity contribution in [1.82, 2.24) is 4.31 Å². The Morgan fingerprint density at radius 1 is 1.03 bits per heavy atom. The Morgan fingerprint density at radius 2 is 1.78 bits per heavy atom. The summed E-state index contributed by atoms with van der Waals surface area (Å²) < 4.78 is 38.3. The second-order valence-electron chi connectivity index (χ2n) is 7.67. The fraction of sp³-hybridized carbons (Fsp3) is 0.292. The molecule has 0 spiro atoms. The molecule has 1 aliphatic rings. The third-order valence-corrected chi connectivity index (χ3v) is 7.30. The monoisotopic (exact) mass is 454 g/mol. The number of aryl methyl sites for hydroxylation is 2. The van der Waals surface area contributed by atoms with Gasteiger partial charge in [-0.1, -0.05) is 36.4 Å². The van der Waals surface area contributed by atoms with E-state index in [1.165, 1.54) is 10.4 Å². The van der Waals surface area contributed by atoms with Gasteiger partial charge in [0.15, 0.2) is 0 Å². The zero-order chi connectivity index (χ0) is 22.6. The molecule has 0 atom stereocenters. The molecule has 32 heavy (non-hydrogen) atoms. The first-order chi connectivity index (χ1) is 15.4. The summed E-state index contributed by atoms with van der Waals surface area (Å²) in [7, 11) is -3.63. The molecule has 0 bridgehead atoms. The van der Waals surface area contributed by atoms with E-state index in [4.69, 9.17) is 9.15 Å². The number of hydrogen-bond acceptors (Lipinski definition) is 5. The van der Waals surface area contributed by atoms with Gasteiger partial charge in [0.1, 0.15) is 11.5 Å². The van der Waals surface area contributed by atoms with Crippen LogP contribution in [0.25, 0.3) is 11.3 Å². The van der Waals surface area contributed by atoms with Crippen LogP contribution in [0.15, 0.2) is 70.0 Å². The van der Waals surface area contributed by atoms with Gasteiger partial charge in [-0.3, -0.25) is 4.79 Å². The molecule has 3 aromatic rings. The Kier molecular flexibility index (Phi) is 6.74. The summed E-state index contributed by atoms with van der Waals surface area (Å²) in [5, 5.41) is 2.85. The second-order valence-corrected chi connectivity index (χ2v) is 9.61. The average molecular weight is 455 g/mol. The predicted octanol–water partition coefficient (Wildman–Crippen LogP) is 3.85. The van der Waals surface area contributed by atoms with Crippen molar-refractivity contribution in [2.24, 2.45) is 0 Å². The maximum absolute atomic E-state index is 12.9. The van der Waals surface area contributed by atoms with E-state index in [1.807, 2.05) is 49.4 Å². The molecule has 8 heteroatoms. The predicted molar refractivity (Wildman–Crippen MR) is 122 cm³/mol. The van der Waals surface area contributed by atoms with Crippen LogP contribution in [0, 0.1) is 6.92 Å². The zero-order valence-electron chi connectivity index (χ0n) is 17.9. The van der Waals surface area contributed by atoms with Gasteiger partial charge in [0.25, 0.3) is 0 Å².